The van der Waals surface area contributed by atoms with E-state index in [4.69, 9.17) is 18.9 Å². The summed E-state index contributed by atoms with van der Waals surface area (Å²) in [7, 11) is 0. The molecule has 2 saturated heterocycles. The van der Waals surface area contributed by atoms with Gasteiger partial charge in [0.1, 0.15) is 24.0 Å². The Kier molecular flexibility index (Phi) is 14.0. The number of aryl methyl sites for hydroxylation is 2. The molecule has 9 rings (SSSR count). The van der Waals surface area contributed by atoms with Crippen molar-refractivity contribution in [2.45, 2.75) is 123 Å². The summed E-state index contributed by atoms with van der Waals surface area (Å²) >= 11 is 0. The standard InChI is InChI=1S/C53H68N6O7/c1-33-26-41(27-34(2)43(33)31-54)66-51-52(4,5)50(53(51,6)7)57-47(60)37-11-14-39(15-12-37)58-20-18-36(19-21-58)32-59-22-25-63-23-8-9-24-64-46-28-38(13-17-45(46)65-42-29-40(59)30-42)48(61)56-44-16-10-35(3)55-49(44)62/h11-15,17,26-28,36,40,42,44,50-51H,3,8-10,16,18-25,29-30,32H2,1-2,4-7H3,(H,55,62)(H,56,61)(H,57,60). The molecular weight excluding hydrogens is 833 g/mol. The minimum atomic E-state index is -0.604. The molecule has 2 bridgehead atoms. The van der Waals surface area contributed by atoms with Crippen molar-refractivity contribution in [2.75, 3.05) is 50.9 Å². The number of ether oxygens (including phenoxy) is 4. The van der Waals surface area contributed by atoms with Crippen LogP contribution in [0.3, 0.4) is 0 Å². The van der Waals surface area contributed by atoms with Gasteiger partial charge in [0.2, 0.25) is 5.91 Å². The van der Waals surface area contributed by atoms with Crippen molar-refractivity contribution < 1.29 is 33.3 Å². The van der Waals surface area contributed by atoms with Gasteiger partial charge in [-0.15, -0.1) is 0 Å². The van der Waals surface area contributed by atoms with Gasteiger partial charge < -0.3 is 39.8 Å². The lowest BCUT2D eigenvalue weighted by molar-refractivity contribution is -0.164. The monoisotopic (exact) mass is 901 g/mol. The van der Waals surface area contributed by atoms with E-state index < -0.39 is 6.04 Å². The summed E-state index contributed by atoms with van der Waals surface area (Å²) in [5, 5.41) is 18.5. The Morgan fingerprint density at radius 3 is 2.21 bits per heavy atom. The highest BCUT2D eigenvalue weighted by molar-refractivity contribution is 5.98. The molecule has 2 saturated carbocycles. The number of piperidine rings is 2. The van der Waals surface area contributed by atoms with Gasteiger partial charge in [0.15, 0.2) is 11.5 Å². The first-order chi connectivity index (χ1) is 31.6. The van der Waals surface area contributed by atoms with E-state index in [1.165, 1.54) is 0 Å². The number of fused-ring (bicyclic) bond motifs is 8. The molecule has 352 valence electrons. The van der Waals surface area contributed by atoms with Crippen molar-refractivity contribution in [2.24, 2.45) is 16.7 Å². The molecule has 1 unspecified atom stereocenters. The van der Waals surface area contributed by atoms with Gasteiger partial charge >= 0.3 is 0 Å². The molecule has 0 spiro atoms. The van der Waals surface area contributed by atoms with Crippen LogP contribution in [0, 0.1) is 41.9 Å². The fourth-order valence-electron chi connectivity index (χ4n) is 11.2. The second kappa shape index (κ2) is 19.7. The number of carbonyl (C=O) groups is 3. The summed E-state index contributed by atoms with van der Waals surface area (Å²) < 4.78 is 25.4. The fourth-order valence-corrected chi connectivity index (χ4v) is 11.2. The molecule has 13 nitrogen and oxygen atoms in total. The topological polar surface area (TPSA) is 154 Å². The molecule has 3 aromatic carbocycles. The van der Waals surface area contributed by atoms with Crippen LogP contribution in [0.5, 0.6) is 17.2 Å². The van der Waals surface area contributed by atoms with E-state index in [0.717, 1.165) is 87.3 Å². The number of rotatable bonds is 9. The van der Waals surface area contributed by atoms with E-state index in [1.54, 1.807) is 12.1 Å². The number of nitrogens with one attached hydrogen (secondary N) is 3. The van der Waals surface area contributed by atoms with E-state index in [1.807, 2.05) is 44.2 Å². The molecule has 6 aliphatic rings. The minimum absolute atomic E-state index is 0.0444. The molecule has 3 aromatic rings. The van der Waals surface area contributed by atoms with Crippen molar-refractivity contribution in [1.82, 2.24) is 20.9 Å². The van der Waals surface area contributed by atoms with Gasteiger partial charge in [-0.3, -0.25) is 19.3 Å². The zero-order valence-electron chi connectivity index (χ0n) is 39.7. The van der Waals surface area contributed by atoms with Crippen LogP contribution in [0.4, 0.5) is 5.69 Å². The fraction of sp³-hybridized carbons (Fsp3) is 0.547. The Morgan fingerprint density at radius 1 is 0.864 bits per heavy atom. The molecular formula is C53H68N6O7. The minimum Gasteiger partial charge on any atom is -0.490 e. The Balaban J connectivity index is 0.819. The van der Waals surface area contributed by atoms with Gasteiger partial charge in [-0.1, -0.05) is 34.3 Å². The highest BCUT2D eigenvalue weighted by atomic mass is 16.5. The zero-order chi connectivity index (χ0) is 46.8. The van der Waals surface area contributed by atoms with E-state index in [0.29, 0.717) is 78.5 Å². The van der Waals surface area contributed by atoms with E-state index >= 15 is 0 Å². The Hall–Kier alpha value is -5.58. The first-order valence-corrected chi connectivity index (χ1v) is 24.0. The third kappa shape index (κ3) is 10.2. The molecule has 4 heterocycles. The first-order valence-electron chi connectivity index (χ1n) is 24.0. The molecule has 4 fully saturated rings. The van der Waals surface area contributed by atoms with Gasteiger partial charge in [0, 0.05) is 91.1 Å². The average Bonchev–Trinajstić information content (AvgIpc) is 3.28. The van der Waals surface area contributed by atoms with Crippen LogP contribution < -0.4 is 35.1 Å². The van der Waals surface area contributed by atoms with Gasteiger partial charge in [0.05, 0.1) is 24.8 Å². The second-order valence-corrected chi connectivity index (χ2v) is 20.4. The molecule has 1 atom stereocenters. The van der Waals surface area contributed by atoms with Crippen LogP contribution in [0.15, 0.2) is 66.9 Å². The van der Waals surface area contributed by atoms with Gasteiger partial charge in [-0.25, -0.2) is 0 Å². The summed E-state index contributed by atoms with van der Waals surface area (Å²) in [6.07, 6.45) is 6.72. The highest BCUT2D eigenvalue weighted by Crippen LogP contribution is 2.55. The molecule has 0 radical (unpaired) electrons. The number of carbonyl (C=O) groups excluding carboxylic acids is 3. The van der Waals surface area contributed by atoms with Crippen LogP contribution in [0.25, 0.3) is 0 Å². The maximum Gasteiger partial charge on any atom is 0.252 e. The highest BCUT2D eigenvalue weighted by Gasteiger charge is 2.64. The number of nitriles is 1. The van der Waals surface area contributed by atoms with Crippen LogP contribution >= 0.6 is 0 Å². The number of hydrogen-bond donors (Lipinski definition) is 3. The predicted molar refractivity (Wildman–Crippen MR) is 254 cm³/mol. The summed E-state index contributed by atoms with van der Waals surface area (Å²) in [5.41, 5.74) is 4.73. The van der Waals surface area contributed by atoms with E-state index in [-0.39, 0.29) is 46.8 Å². The first kappa shape index (κ1) is 46.9. The van der Waals surface area contributed by atoms with Gasteiger partial charge in [-0.2, -0.15) is 5.26 Å². The third-order valence-corrected chi connectivity index (χ3v) is 14.8. The molecule has 4 aliphatic heterocycles. The number of hydrogen-bond acceptors (Lipinski definition) is 10. The Morgan fingerprint density at radius 2 is 1.53 bits per heavy atom. The molecule has 66 heavy (non-hydrogen) atoms. The molecule has 13 heteroatoms. The van der Waals surface area contributed by atoms with Crippen LogP contribution in [-0.4, -0.2) is 99.0 Å². The van der Waals surface area contributed by atoms with Crippen molar-refractivity contribution >= 4 is 23.4 Å². The summed E-state index contributed by atoms with van der Waals surface area (Å²) in [4.78, 5) is 44.4. The largest absolute Gasteiger partial charge is 0.490 e. The lowest BCUT2D eigenvalue weighted by Gasteiger charge is -2.63. The quantitative estimate of drug-likeness (QED) is 0.195. The Bertz CT molecular complexity index is 2290. The average molecular weight is 901 g/mol. The van der Waals surface area contributed by atoms with Crippen LogP contribution in [0.2, 0.25) is 0 Å². The van der Waals surface area contributed by atoms with E-state index in [2.05, 4.69) is 78.2 Å². The lowest BCUT2D eigenvalue weighted by Crippen LogP contribution is -2.74. The normalized spacial score (nSPS) is 25.7. The maximum atomic E-state index is 13.7. The molecule has 2 aliphatic carbocycles. The summed E-state index contributed by atoms with van der Waals surface area (Å²) in [5.74, 6) is 1.84. The zero-order valence-corrected chi connectivity index (χ0v) is 39.7. The number of allylic oxidation sites excluding steroid dienone is 1. The third-order valence-electron chi connectivity index (χ3n) is 14.8. The molecule has 0 aromatic heterocycles. The van der Waals surface area contributed by atoms with Gasteiger partial charge in [-0.05, 0) is 124 Å². The smallest absolute Gasteiger partial charge is 0.252 e. The van der Waals surface area contributed by atoms with Gasteiger partial charge in [0.25, 0.3) is 11.8 Å². The number of benzene rings is 3. The van der Waals surface area contributed by atoms with Crippen LogP contribution in [-0.2, 0) is 9.53 Å². The molecule has 3 amide bonds. The maximum absolute atomic E-state index is 13.7. The second-order valence-electron chi connectivity index (χ2n) is 20.4. The number of amides is 3. The SMILES string of the molecule is C=C1CCC(NC(=O)c2ccc3c(c2)OCCCCOCCN(CC2CCN(c4ccc(C(=O)NC5C(C)(C)C(Oc6cc(C)c(C#N)c(C)c6)C5(C)C)cc4)CC2)C2CC(C2)O3)C(=O)N1. The Labute approximate surface area is 390 Å². The predicted octanol–water partition coefficient (Wildman–Crippen LogP) is 7.63. The number of anilines is 1. The number of nitrogens with zero attached hydrogens (tertiary/aromatic N) is 3. The van der Waals surface area contributed by atoms with Crippen molar-refractivity contribution in [1.29, 1.82) is 5.26 Å². The van der Waals surface area contributed by atoms with Crippen molar-refractivity contribution in [3.8, 4) is 23.3 Å². The summed E-state index contributed by atoms with van der Waals surface area (Å²) in [6.45, 7) is 21.9. The molecule has 3 N–H and O–H groups in total. The van der Waals surface area contributed by atoms with Crippen molar-refractivity contribution in [3.05, 3.63) is 94.7 Å². The van der Waals surface area contributed by atoms with Crippen molar-refractivity contribution in [3.63, 3.8) is 0 Å². The van der Waals surface area contributed by atoms with Crippen LogP contribution in [0.1, 0.15) is 116 Å². The summed E-state index contributed by atoms with van der Waals surface area (Å²) in [6, 6.07) is 19.2. The lowest BCUT2D eigenvalue weighted by atomic mass is 9.49. The van der Waals surface area contributed by atoms with E-state index in [9.17, 15) is 19.6 Å².